The van der Waals surface area contributed by atoms with E-state index < -0.39 is 9.84 Å². The second-order valence-corrected chi connectivity index (χ2v) is 2.58. The second kappa shape index (κ2) is 1.16. The van der Waals surface area contributed by atoms with Crippen LogP contribution in [-0.2, 0) is 9.84 Å². The van der Waals surface area contributed by atoms with Gasteiger partial charge in [0.15, 0.2) is 0 Å². The highest BCUT2D eigenvalue weighted by atomic mass is 32.2. The highest BCUT2D eigenvalue weighted by Gasteiger charge is 2.03. The zero-order valence-electron chi connectivity index (χ0n) is 3.33. The van der Waals surface area contributed by atoms with Crippen LogP contribution in [0.3, 0.4) is 0 Å². The lowest BCUT2D eigenvalue weighted by Crippen LogP contribution is -1.89. The van der Waals surface area contributed by atoms with Crippen molar-refractivity contribution in [3.63, 3.8) is 0 Å². The average molecular weight is 116 g/mol. The maximum atomic E-state index is 10.1. The van der Waals surface area contributed by atoms with Gasteiger partial charge in [0.1, 0.15) is 11.0 Å². The quantitative estimate of drug-likeness (QED) is 0.437. The molecule has 0 N–H and O–H groups in total. The summed E-state index contributed by atoms with van der Waals surface area (Å²) < 4.78 is 20.3. The van der Waals surface area contributed by atoms with Crippen LogP contribution in [0.25, 0.3) is 0 Å². The van der Waals surface area contributed by atoms with E-state index >= 15 is 0 Å². The Morgan fingerprint density at radius 2 is 2.29 bits per heavy atom. The molecule has 0 saturated heterocycles. The van der Waals surface area contributed by atoms with Gasteiger partial charge in [-0.25, -0.2) is 8.42 Å². The van der Waals surface area contributed by atoms with Gasteiger partial charge >= 0.3 is 0 Å². The number of rotatable bonds is 0. The van der Waals surface area contributed by atoms with Crippen molar-refractivity contribution in [3.8, 4) is 0 Å². The van der Waals surface area contributed by atoms with Crippen LogP contribution < -0.4 is 0 Å². The van der Waals surface area contributed by atoms with Gasteiger partial charge in [0.2, 0.25) is 9.84 Å². The molecule has 7 heavy (non-hydrogen) atoms. The number of nitrogens with zero attached hydrogens (tertiary/aromatic N) is 1. The van der Waals surface area contributed by atoms with Gasteiger partial charge in [-0.1, -0.05) is 0 Å². The Hall–Kier alpha value is -0.640. The topological polar surface area (TPSA) is 46.5 Å². The summed E-state index contributed by atoms with van der Waals surface area (Å²) >= 11 is 0. The third-order valence-corrected chi connectivity index (χ3v) is 1.32. The summed E-state index contributed by atoms with van der Waals surface area (Å²) in [5, 5.41) is 2.02. The largest absolute Gasteiger partial charge is 0.251 e. The Balaban J connectivity index is 3.25. The highest BCUT2D eigenvalue weighted by Crippen LogP contribution is 1.93. The number of sulfone groups is 1. The van der Waals surface area contributed by atoms with Crippen LogP contribution in [-0.4, -0.2) is 14.0 Å². The van der Waals surface area contributed by atoms with E-state index in [0.717, 1.165) is 11.7 Å². The third-order valence-electron chi connectivity index (χ3n) is 0.491. The smallest absolute Gasteiger partial charge is 0.219 e. The number of hydrogen-bond donors (Lipinski definition) is 0. The molecule has 0 fully saturated rings. The molecule has 1 rings (SSSR count). The van der Waals surface area contributed by atoms with Crippen LogP contribution >= 0.6 is 0 Å². The normalized spacial score (nSPS) is 23.4. The van der Waals surface area contributed by atoms with Crippen LogP contribution in [0.4, 0.5) is 0 Å². The van der Waals surface area contributed by atoms with E-state index in [4.69, 9.17) is 0 Å². The predicted octanol–water partition coefficient (Wildman–Crippen LogP) is -0.283. The molecule has 1 radical (unpaired) electrons. The molecule has 3 nitrogen and oxygen atoms in total. The standard InChI is InChI=1S/C3H2NO2S/c5-7(6)2-1-4-3-7/h1,3H. The first-order valence-corrected chi connectivity index (χ1v) is 3.12. The molecule has 0 aromatic heterocycles. The molecule has 1 aliphatic rings. The van der Waals surface area contributed by atoms with Crippen molar-refractivity contribution in [2.45, 2.75) is 0 Å². The summed E-state index contributed by atoms with van der Waals surface area (Å²) in [4.78, 5) is 3.29. The molecule has 0 amide bonds. The minimum atomic E-state index is -3.14. The van der Waals surface area contributed by atoms with Crippen molar-refractivity contribution in [3.05, 3.63) is 11.6 Å². The minimum absolute atomic E-state index is 0.854. The Bertz CT molecular complexity index is 193. The van der Waals surface area contributed by atoms with Crippen molar-refractivity contribution >= 4 is 15.4 Å². The lowest BCUT2D eigenvalue weighted by Gasteiger charge is -1.69. The number of hydrogen-bond acceptors (Lipinski definition) is 3. The molecule has 0 saturated carbocycles. The van der Waals surface area contributed by atoms with Crippen molar-refractivity contribution in [2.24, 2.45) is 4.99 Å². The molecule has 37 valence electrons. The molecule has 0 atom stereocenters. The lowest BCUT2D eigenvalue weighted by molar-refractivity contribution is 0.615. The van der Waals surface area contributed by atoms with Gasteiger partial charge in [0.25, 0.3) is 0 Å². The predicted molar refractivity (Wildman–Crippen MR) is 25.2 cm³/mol. The Kier molecular flexibility index (Phi) is 0.751. The summed E-state index contributed by atoms with van der Waals surface area (Å²) in [5.74, 6) is 0. The second-order valence-electron chi connectivity index (χ2n) is 1.05. The van der Waals surface area contributed by atoms with E-state index in [1.54, 1.807) is 0 Å². The fourth-order valence-corrected chi connectivity index (χ4v) is 0.735. The molecule has 1 aliphatic heterocycles. The zero-order valence-corrected chi connectivity index (χ0v) is 4.14. The monoisotopic (exact) mass is 116 g/mol. The van der Waals surface area contributed by atoms with E-state index in [1.807, 2.05) is 5.41 Å². The van der Waals surface area contributed by atoms with Gasteiger partial charge in [0.05, 0.1) is 0 Å². The van der Waals surface area contributed by atoms with Crippen LogP contribution in [0, 0.1) is 5.41 Å². The van der Waals surface area contributed by atoms with Gasteiger partial charge in [-0.05, 0) is 0 Å². The van der Waals surface area contributed by atoms with Crippen molar-refractivity contribution in [2.75, 3.05) is 0 Å². The third kappa shape index (κ3) is 0.866. The molecule has 0 aliphatic carbocycles. The van der Waals surface area contributed by atoms with Crippen LogP contribution in [0.1, 0.15) is 0 Å². The zero-order chi connectivity index (χ0) is 5.33. The van der Waals surface area contributed by atoms with Crippen molar-refractivity contribution in [1.82, 2.24) is 0 Å². The van der Waals surface area contributed by atoms with Crippen LogP contribution in [0.5, 0.6) is 0 Å². The fraction of sp³-hybridized carbons (Fsp3) is 0. The molecule has 4 heteroatoms. The van der Waals surface area contributed by atoms with Crippen LogP contribution in [0.2, 0.25) is 0 Å². The molecule has 0 aromatic carbocycles. The van der Waals surface area contributed by atoms with E-state index in [-0.39, 0.29) is 0 Å². The maximum Gasteiger partial charge on any atom is 0.219 e. The molecular formula is C3H2NO2S. The molecular weight excluding hydrogens is 114 g/mol. The first kappa shape index (κ1) is 4.52. The van der Waals surface area contributed by atoms with Gasteiger partial charge in [0, 0.05) is 6.20 Å². The van der Waals surface area contributed by atoms with Gasteiger partial charge in [-0.15, -0.1) is 0 Å². The maximum absolute atomic E-state index is 10.1. The summed E-state index contributed by atoms with van der Waals surface area (Å²) in [6, 6.07) is 0. The summed E-state index contributed by atoms with van der Waals surface area (Å²) in [6.45, 7) is 0. The average Bonchev–Trinajstić information content (AvgIpc) is 1.84. The van der Waals surface area contributed by atoms with E-state index in [0.29, 0.717) is 0 Å². The Labute approximate surface area is 41.3 Å². The fourth-order valence-electron chi connectivity index (χ4n) is 0.245. The van der Waals surface area contributed by atoms with Gasteiger partial charge in [-0.3, -0.25) is 4.99 Å². The Morgan fingerprint density at radius 3 is 2.43 bits per heavy atom. The number of aliphatic imine (C=N–C) groups is 1. The van der Waals surface area contributed by atoms with E-state index in [9.17, 15) is 8.42 Å². The van der Waals surface area contributed by atoms with Crippen LogP contribution in [0.15, 0.2) is 11.2 Å². The first-order chi connectivity index (χ1) is 3.21. The molecule has 0 aromatic rings. The molecule has 0 unspecified atom stereocenters. The Morgan fingerprint density at radius 1 is 1.57 bits per heavy atom. The summed E-state index contributed by atoms with van der Waals surface area (Å²) in [5.41, 5.74) is 0.854. The van der Waals surface area contributed by atoms with Crippen molar-refractivity contribution < 1.29 is 8.42 Å². The van der Waals surface area contributed by atoms with Crippen molar-refractivity contribution in [1.29, 1.82) is 0 Å². The summed E-state index contributed by atoms with van der Waals surface area (Å²) in [6.07, 6.45) is 1.12. The highest BCUT2D eigenvalue weighted by molar-refractivity contribution is 8.06. The molecule has 1 heterocycles. The molecule has 0 bridgehead atoms. The van der Waals surface area contributed by atoms with E-state index in [2.05, 4.69) is 4.99 Å². The SMILES string of the molecule is O=S1(=O)[C]=CN=C1. The van der Waals surface area contributed by atoms with Gasteiger partial charge in [-0.2, -0.15) is 0 Å². The van der Waals surface area contributed by atoms with Gasteiger partial charge < -0.3 is 0 Å². The van der Waals surface area contributed by atoms with E-state index in [1.165, 1.54) is 0 Å². The lowest BCUT2D eigenvalue weighted by atomic mass is 11.1. The minimum Gasteiger partial charge on any atom is -0.251 e. The summed E-state index contributed by atoms with van der Waals surface area (Å²) in [7, 11) is -3.14. The first-order valence-electron chi connectivity index (χ1n) is 1.58. The molecule has 0 spiro atoms.